The third-order valence-corrected chi connectivity index (χ3v) is 19.2. The van der Waals surface area contributed by atoms with Gasteiger partial charge in [-0.1, -0.05) is 42.5 Å². The van der Waals surface area contributed by atoms with Gasteiger partial charge in [0.2, 0.25) is 0 Å². The van der Waals surface area contributed by atoms with E-state index >= 15 is 0 Å². The summed E-state index contributed by atoms with van der Waals surface area (Å²) in [5.74, 6) is -11.1. The van der Waals surface area contributed by atoms with E-state index in [0.717, 1.165) is 59.4 Å². The zero-order chi connectivity index (χ0) is 81.1. The van der Waals surface area contributed by atoms with Crippen LogP contribution < -0.4 is 26.7 Å². The Kier molecular flexibility index (Phi) is 32.5. The molecule has 37 heteroatoms. The van der Waals surface area contributed by atoms with Crippen LogP contribution >= 0.6 is 99.5 Å². The van der Waals surface area contributed by atoms with Gasteiger partial charge in [0.15, 0.2) is 22.1 Å². The van der Waals surface area contributed by atoms with Crippen molar-refractivity contribution in [3.05, 3.63) is 169 Å². The van der Waals surface area contributed by atoms with Crippen LogP contribution in [-0.2, 0) is 113 Å². The number of thiocarbonyl (C=S) groups is 1. The molecule has 8 heterocycles. The molecular formula is C72H79Br4N6O23S4-. The molecule has 588 valence electrons. The van der Waals surface area contributed by atoms with Crippen molar-refractivity contribution in [2.75, 3.05) is 86.4 Å². The normalized spacial score (nSPS) is 18.4. The first-order valence-electron chi connectivity index (χ1n) is 32.7. The van der Waals surface area contributed by atoms with Crippen LogP contribution in [0.15, 0.2) is 164 Å². The molecule has 0 spiro atoms. The smallest absolute Gasteiger partial charge is 0.352 e. The highest BCUT2D eigenvalue weighted by Crippen LogP contribution is 2.35. The summed E-state index contributed by atoms with van der Waals surface area (Å²) in [6.45, 7) is 21.9. The van der Waals surface area contributed by atoms with Gasteiger partial charge >= 0.3 is 53.7 Å². The molecule has 6 saturated heterocycles. The lowest BCUT2D eigenvalue weighted by Crippen LogP contribution is -2.46. The fourth-order valence-electron chi connectivity index (χ4n) is 9.67. The second-order valence-corrected chi connectivity index (χ2v) is 31.6. The quantitative estimate of drug-likeness (QED) is 0.0134. The number of nitrogens with two attached hydrogens (primary N) is 1. The number of benzene rings is 4. The third-order valence-electron chi connectivity index (χ3n) is 14.5. The van der Waals surface area contributed by atoms with Gasteiger partial charge in [-0.2, -0.15) is 0 Å². The maximum Gasteiger partial charge on any atom is 0.352 e. The number of pyridine rings is 1. The molecule has 1 aromatic heterocycles. The molecule has 4 aromatic carbocycles. The number of cyclic esters (lactones) is 9. The largest absolute Gasteiger partial charge is 0.480 e. The lowest BCUT2D eigenvalue weighted by molar-refractivity contribution is -0.232. The molecule has 5 aromatic rings. The topological polar surface area (TPSA) is 374 Å². The molecule has 0 aliphatic carbocycles. The number of nitrogens with one attached hydrogen (secondary N) is 3. The Bertz CT molecular complexity index is 4390. The van der Waals surface area contributed by atoms with E-state index in [0.29, 0.717) is 60.7 Å². The molecular weight excluding hydrogens is 1760 g/mol. The first-order valence-corrected chi connectivity index (χ1v) is 39.1. The van der Waals surface area contributed by atoms with Gasteiger partial charge in [0, 0.05) is 135 Å². The minimum absolute atomic E-state index is 0.00294. The van der Waals surface area contributed by atoms with Gasteiger partial charge in [-0.25, -0.2) is 33.6 Å². The van der Waals surface area contributed by atoms with Gasteiger partial charge in [0.05, 0.1) is 48.3 Å². The number of carbonyl (C=O) groups is 9. The van der Waals surface area contributed by atoms with Crippen LogP contribution in [0.2, 0.25) is 0 Å². The van der Waals surface area contributed by atoms with Crippen molar-refractivity contribution < 1.29 is 105 Å². The molecule has 0 radical (unpaired) electrons. The van der Waals surface area contributed by atoms with Gasteiger partial charge in [-0.15, -0.1) is 27.7 Å². The number of morpholine rings is 2. The summed E-state index contributed by atoms with van der Waals surface area (Å²) < 4.78 is 63.5. The zero-order valence-corrected chi connectivity index (χ0v) is 70.8. The highest BCUT2D eigenvalue weighted by molar-refractivity contribution is 9.11. The van der Waals surface area contributed by atoms with Crippen molar-refractivity contribution in [3.63, 3.8) is 0 Å². The zero-order valence-electron chi connectivity index (χ0n) is 61.1. The first-order chi connectivity index (χ1) is 51.0. The number of thioether (sulfide) groups is 2. The first kappa shape index (κ1) is 89.6. The van der Waals surface area contributed by atoms with Gasteiger partial charge in [0.1, 0.15) is 23.6 Å². The summed E-state index contributed by atoms with van der Waals surface area (Å²) in [4.78, 5) is 124. The van der Waals surface area contributed by atoms with Crippen LogP contribution in [0.3, 0.4) is 0 Å². The van der Waals surface area contributed by atoms with Crippen molar-refractivity contribution in [2.24, 2.45) is 0 Å². The number of H-pyrrole nitrogens is 1. The van der Waals surface area contributed by atoms with Crippen LogP contribution in [0, 0.1) is 0 Å². The number of para-hydroxylation sites is 4. The van der Waals surface area contributed by atoms with Crippen LogP contribution in [0.5, 0.6) is 0 Å². The van der Waals surface area contributed by atoms with Gasteiger partial charge < -0.3 is 118 Å². The van der Waals surface area contributed by atoms with Crippen molar-refractivity contribution in [2.45, 2.75) is 112 Å². The molecule has 0 bridgehead atoms. The number of aliphatic hydroxyl groups excluding tert-OH is 1. The molecule has 0 unspecified atom stereocenters. The number of ether oxygens (including phenoxy) is 12. The number of halogens is 4. The lowest BCUT2D eigenvalue weighted by atomic mass is 10.2. The van der Waals surface area contributed by atoms with Gasteiger partial charge in [-0.05, 0) is 132 Å². The number of allylic oxidation sites excluding steroid dienone is 1. The number of nitrogens with zero attached hydrogens (tertiary/aromatic N) is 2. The van der Waals surface area contributed by atoms with Crippen LogP contribution in [0.4, 0.5) is 22.9 Å². The summed E-state index contributed by atoms with van der Waals surface area (Å²) >= 11 is 25.3. The Morgan fingerprint density at radius 3 is 1.34 bits per heavy atom. The number of rotatable bonds is 9. The summed E-state index contributed by atoms with van der Waals surface area (Å²) in [5.41, 5.74) is 8.09. The van der Waals surface area contributed by atoms with E-state index in [4.69, 9.17) is 53.1 Å². The molecule has 0 amide bonds. The Morgan fingerprint density at radius 1 is 0.514 bits per heavy atom. The van der Waals surface area contributed by atoms with Crippen molar-refractivity contribution in [1.82, 2.24) is 9.88 Å². The highest BCUT2D eigenvalue weighted by Gasteiger charge is 2.45. The standard InChI is InChI=1S/C17H19BrN2O5.C14H14BrNO4S.C13H13BrN2O2.C9H12O4S.C7H8O4S2.C6H6BrN.C6H8O4/c1-17(2)24-15(21)13(16(22)25-17)14(20-7-9-23-10-8-20)19-12-6-4-3-5-11(12)18;1-14(2)19-12(17)10(13(18)20-14)11(21-3)16-9-7-5-4-6-8(9)15;14-10-3-1-2-9-11(17)8-12(15-13(9)10)16-4-6-18-7-5-16;1-5(14-4)6-7(10)12-9(2,3)13-8(6)11;1-7(2)10-4(8)3(6(12)13)5(9)11-7;7-5-3-1-2-4-6(5)8;1-6(2)9-4(7)3-5(8)10-6/h3-6,19H,7-10H2,1-2H3;4-7,16H,1-3H3;1-3,8H,4-7H2,(H,15,17);1-4H3;8H,1-2H3,(H,12,13);1-4H,8H2;3H2,1-2H3/p-1. The molecule has 109 heavy (non-hydrogen) atoms. The van der Waals surface area contributed by atoms with E-state index in [-0.39, 0.29) is 38.3 Å². The van der Waals surface area contributed by atoms with Crippen molar-refractivity contribution in [3.8, 4) is 0 Å². The highest BCUT2D eigenvalue weighted by atomic mass is 79.9. The summed E-state index contributed by atoms with van der Waals surface area (Å²) in [5, 5.41) is 16.6. The minimum atomic E-state index is -1.28. The fourth-order valence-corrected chi connectivity index (χ4v) is 12.5. The predicted octanol–water partition coefficient (Wildman–Crippen LogP) is 12.3. The fraction of sp³-hybridized carbons (Fsp3) is 0.375. The molecule has 12 rings (SSSR count). The second kappa shape index (κ2) is 39.6. The Hall–Kier alpha value is -8.27. The van der Waals surface area contributed by atoms with Gasteiger partial charge in [0.25, 0.3) is 34.9 Å². The summed E-state index contributed by atoms with van der Waals surface area (Å²) in [6.07, 6.45) is 3.26. The number of aliphatic hydroxyl groups is 1. The molecule has 29 nitrogen and oxygen atoms in total. The molecule has 7 aliphatic rings. The monoisotopic (exact) mass is 1840 g/mol. The number of aromatic nitrogens is 1. The summed E-state index contributed by atoms with van der Waals surface area (Å²) in [6, 6.07) is 29.7. The van der Waals surface area contributed by atoms with Crippen LogP contribution in [-0.4, -0.2) is 167 Å². The third kappa shape index (κ3) is 26.7. The van der Waals surface area contributed by atoms with E-state index in [1.54, 1.807) is 25.5 Å². The number of hydrogen-bond acceptors (Lipinski definition) is 32. The average molecular weight is 1840 g/mol. The Balaban J connectivity index is 0.000000204. The van der Waals surface area contributed by atoms with E-state index in [2.05, 4.69) is 119 Å². The maximum absolute atomic E-state index is 12.5. The number of nitrogen functional groups attached to an aromatic ring is 1. The van der Waals surface area contributed by atoms with E-state index in [9.17, 15) is 53.1 Å². The Labute approximate surface area is 680 Å². The van der Waals surface area contributed by atoms with Gasteiger partial charge in [-0.3, -0.25) is 14.4 Å². The number of aromatic amines is 1. The van der Waals surface area contributed by atoms with E-state index in [1.165, 1.54) is 92.8 Å². The second-order valence-electron chi connectivity index (χ2n) is 25.3. The number of hydrogen-bond donors (Lipinski definition) is 5. The maximum atomic E-state index is 12.5. The predicted molar refractivity (Wildman–Crippen MR) is 426 cm³/mol. The Morgan fingerprint density at radius 2 is 0.917 bits per heavy atom. The average Bonchev–Trinajstić information content (AvgIpc) is 0.802. The SMILES string of the molecule is CC1(C)OC(=O)C(=C(Nc2ccccc2Br)N2CCOCC2)C(=O)O1.CC1(C)OC(=O)C(C(=S)[S-])=C(O)O1.CC1(C)OC(=O)CC(=O)O1.CSC(C)=C1C(=O)OC(C)(C)OC1=O.CSC(Nc1ccccc1Br)=C1C(=O)OC(C)(C)OC1=O.Nc1ccccc1Br.O=c1cc(N2CCOCC2)[nH]c2c(Br)cccc12. The molecule has 0 atom stereocenters. The number of carbonyl (C=O) groups excluding carboxylic acids is 9. The lowest BCUT2D eigenvalue weighted by Gasteiger charge is -2.35. The molecule has 6 fully saturated rings. The number of anilines is 4. The van der Waals surface area contributed by atoms with Crippen molar-refractivity contribution in [1.29, 1.82) is 0 Å². The van der Waals surface area contributed by atoms with Crippen molar-refractivity contribution >= 4 is 204 Å². The van der Waals surface area contributed by atoms with Crippen LogP contribution in [0.1, 0.15) is 82.6 Å². The van der Waals surface area contributed by atoms with E-state index in [1.807, 2.05) is 95.9 Å². The number of esters is 9. The van der Waals surface area contributed by atoms with E-state index < -0.39 is 88.6 Å². The number of fused-ring (bicyclic) bond motifs is 1. The molecule has 6 N–H and O–H groups in total. The van der Waals surface area contributed by atoms with Crippen LogP contribution in [0.25, 0.3) is 10.9 Å². The molecule has 7 aliphatic heterocycles. The minimum Gasteiger partial charge on any atom is -0.480 e. The molecule has 0 saturated carbocycles. The summed E-state index contributed by atoms with van der Waals surface area (Å²) in [7, 11) is 0.